The minimum absolute atomic E-state index is 0.278. The van der Waals surface area contributed by atoms with Gasteiger partial charge < -0.3 is 15.5 Å². The van der Waals surface area contributed by atoms with Crippen molar-refractivity contribution >= 4 is 17.2 Å². The molecule has 0 saturated carbocycles. The van der Waals surface area contributed by atoms with Crippen LogP contribution in [0.3, 0.4) is 0 Å². The van der Waals surface area contributed by atoms with Gasteiger partial charge in [-0.25, -0.2) is 18.9 Å². The molecule has 10 heteroatoms. The summed E-state index contributed by atoms with van der Waals surface area (Å²) < 4.78 is 17.1. The highest BCUT2D eigenvalue weighted by atomic mass is 19.1. The van der Waals surface area contributed by atoms with E-state index in [1.807, 2.05) is 36.4 Å². The number of aromatic nitrogens is 6. The van der Waals surface area contributed by atoms with E-state index in [4.69, 9.17) is 10.7 Å². The van der Waals surface area contributed by atoms with E-state index in [9.17, 15) is 4.39 Å². The molecule has 1 saturated heterocycles. The Morgan fingerprint density at radius 1 is 0.833 bits per heavy atom. The molecule has 0 spiro atoms. The van der Waals surface area contributed by atoms with Crippen LogP contribution in [0.2, 0.25) is 0 Å². The lowest BCUT2D eigenvalue weighted by atomic mass is 10.1. The maximum atomic E-state index is 13.4. The Bertz CT molecular complexity index is 1510. The molecule has 5 heterocycles. The number of nitrogens with zero attached hydrogens (tertiary/aromatic N) is 8. The smallest absolute Gasteiger partial charge is 0.225 e. The van der Waals surface area contributed by atoms with Gasteiger partial charge in [0.1, 0.15) is 5.82 Å². The third-order valence-corrected chi connectivity index (χ3v) is 6.63. The zero-order chi connectivity index (χ0) is 24.6. The highest BCUT2D eigenvalue weighted by molar-refractivity contribution is 5.75. The van der Waals surface area contributed by atoms with Crippen LogP contribution in [-0.2, 0) is 13.6 Å². The first kappa shape index (κ1) is 22.2. The van der Waals surface area contributed by atoms with Crippen molar-refractivity contribution in [1.29, 1.82) is 0 Å². The van der Waals surface area contributed by atoms with Crippen molar-refractivity contribution in [3.05, 3.63) is 78.8 Å². The van der Waals surface area contributed by atoms with E-state index in [2.05, 4.69) is 37.1 Å². The molecule has 0 atom stereocenters. The van der Waals surface area contributed by atoms with Crippen LogP contribution in [0, 0.1) is 5.82 Å². The van der Waals surface area contributed by atoms with Gasteiger partial charge >= 0.3 is 0 Å². The van der Waals surface area contributed by atoms with Crippen molar-refractivity contribution in [1.82, 2.24) is 29.4 Å². The van der Waals surface area contributed by atoms with E-state index in [-0.39, 0.29) is 5.82 Å². The largest absolute Gasteiger partial charge is 0.365 e. The lowest BCUT2D eigenvalue weighted by Crippen LogP contribution is -2.47. The Morgan fingerprint density at radius 2 is 1.58 bits per heavy atom. The van der Waals surface area contributed by atoms with Crippen molar-refractivity contribution in [3.63, 3.8) is 0 Å². The molecule has 5 aromatic rings. The Hall–Kier alpha value is -4.31. The number of fused-ring (bicyclic) bond motifs is 1. The van der Waals surface area contributed by atoms with Crippen LogP contribution in [0.1, 0.15) is 5.56 Å². The summed E-state index contributed by atoms with van der Waals surface area (Å²) in [6.07, 6.45) is 9.59. The standard InChI is InChI=1S/C26H26FN9/c1-33-16-21(14-30-33)19-4-7-23-24(15-31-36(23)17-19)34-8-10-35(11-9-34)26-29-13-20(12-28)25(32-26)18-2-5-22(27)6-3-18/h2-7,13-17H,8-12,28H2,1H3. The molecule has 36 heavy (non-hydrogen) atoms. The van der Waals surface area contributed by atoms with Crippen LogP contribution >= 0.6 is 0 Å². The third-order valence-electron chi connectivity index (χ3n) is 6.63. The van der Waals surface area contributed by atoms with Crippen molar-refractivity contribution in [3.8, 4) is 22.4 Å². The molecule has 1 aliphatic rings. The molecule has 0 aliphatic carbocycles. The minimum atomic E-state index is -0.278. The van der Waals surface area contributed by atoms with E-state index >= 15 is 0 Å². The number of pyridine rings is 1. The van der Waals surface area contributed by atoms with Gasteiger partial charge in [-0.1, -0.05) is 6.07 Å². The van der Waals surface area contributed by atoms with Crippen LogP contribution in [0.15, 0.2) is 67.4 Å². The topological polar surface area (TPSA) is 93.4 Å². The quantitative estimate of drug-likeness (QED) is 0.411. The Balaban J connectivity index is 1.20. The van der Waals surface area contributed by atoms with E-state index in [1.165, 1.54) is 12.1 Å². The maximum Gasteiger partial charge on any atom is 0.225 e. The Morgan fingerprint density at radius 3 is 2.31 bits per heavy atom. The van der Waals surface area contributed by atoms with E-state index in [0.29, 0.717) is 12.5 Å². The Kier molecular flexibility index (Phi) is 5.57. The zero-order valence-electron chi connectivity index (χ0n) is 19.9. The molecule has 4 aromatic heterocycles. The highest BCUT2D eigenvalue weighted by Gasteiger charge is 2.23. The van der Waals surface area contributed by atoms with E-state index < -0.39 is 0 Å². The van der Waals surface area contributed by atoms with E-state index in [1.54, 1.807) is 23.0 Å². The van der Waals surface area contributed by atoms with Gasteiger partial charge in [0.2, 0.25) is 5.95 Å². The summed E-state index contributed by atoms with van der Waals surface area (Å²) in [5.41, 5.74) is 12.6. The predicted octanol–water partition coefficient (Wildman–Crippen LogP) is 3.12. The zero-order valence-corrected chi connectivity index (χ0v) is 19.9. The summed E-state index contributed by atoms with van der Waals surface area (Å²) in [6, 6.07) is 10.5. The molecule has 1 aliphatic heterocycles. The summed E-state index contributed by atoms with van der Waals surface area (Å²) in [6.45, 7) is 3.50. The van der Waals surface area contributed by atoms with Gasteiger partial charge in [0.15, 0.2) is 0 Å². The van der Waals surface area contributed by atoms with Crippen molar-refractivity contribution in [2.24, 2.45) is 12.8 Å². The second-order valence-electron chi connectivity index (χ2n) is 8.91. The van der Waals surface area contributed by atoms with E-state index in [0.717, 1.165) is 65.3 Å². The molecule has 2 N–H and O–H groups in total. The molecule has 0 unspecified atom stereocenters. The summed E-state index contributed by atoms with van der Waals surface area (Å²) in [7, 11) is 1.91. The van der Waals surface area contributed by atoms with Crippen LogP contribution in [0.5, 0.6) is 0 Å². The molecule has 182 valence electrons. The molecule has 0 amide bonds. The van der Waals surface area contributed by atoms with Crippen LogP contribution in [0.4, 0.5) is 16.0 Å². The number of hydrogen-bond donors (Lipinski definition) is 1. The summed E-state index contributed by atoms with van der Waals surface area (Å²) in [4.78, 5) is 13.9. The fourth-order valence-electron chi connectivity index (χ4n) is 4.66. The van der Waals surface area contributed by atoms with Gasteiger partial charge in [-0.15, -0.1) is 0 Å². The van der Waals surface area contributed by atoms with Crippen LogP contribution in [0.25, 0.3) is 27.9 Å². The SMILES string of the molecule is Cn1cc(-c2ccc3c(N4CCN(c5ncc(CN)c(-c6ccc(F)cc6)n5)CC4)cnn3c2)cn1. The number of hydrogen-bond acceptors (Lipinski definition) is 7. The van der Waals surface area contributed by atoms with Gasteiger partial charge in [-0.3, -0.25) is 4.68 Å². The van der Waals surface area contributed by atoms with Gasteiger partial charge in [-0.2, -0.15) is 10.2 Å². The molecular formula is C26H26FN9. The van der Waals surface area contributed by atoms with Gasteiger partial charge in [0.05, 0.1) is 29.3 Å². The lowest BCUT2D eigenvalue weighted by Gasteiger charge is -2.35. The van der Waals surface area contributed by atoms with Crippen molar-refractivity contribution in [2.75, 3.05) is 36.0 Å². The van der Waals surface area contributed by atoms with Gasteiger partial charge in [0.25, 0.3) is 0 Å². The number of nitrogens with two attached hydrogens (primary N) is 1. The normalized spacial score (nSPS) is 14.1. The van der Waals surface area contributed by atoms with Gasteiger partial charge in [0, 0.05) is 80.6 Å². The molecular weight excluding hydrogens is 457 g/mol. The van der Waals surface area contributed by atoms with Crippen LogP contribution in [-0.4, -0.2) is 55.5 Å². The summed E-state index contributed by atoms with van der Waals surface area (Å²) in [5, 5.41) is 8.87. The number of aryl methyl sites for hydroxylation is 1. The number of piperazine rings is 1. The minimum Gasteiger partial charge on any atom is -0.365 e. The number of benzene rings is 1. The fraction of sp³-hybridized carbons (Fsp3) is 0.231. The van der Waals surface area contributed by atoms with Crippen molar-refractivity contribution in [2.45, 2.75) is 6.54 Å². The first-order valence-corrected chi connectivity index (χ1v) is 11.9. The number of anilines is 2. The predicted molar refractivity (Wildman–Crippen MR) is 137 cm³/mol. The average molecular weight is 484 g/mol. The summed E-state index contributed by atoms with van der Waals surface area (Å²) in [5.74, 6) is 0.381. The second kappa shape index (κ2) is 9.04. The maximum absolute atomic E-state index is 13.4. The lowest BCUT2D eigenvalue weighted by molar-refractivity contribution is 0.628. The van der Waals surface area contributed by atoms with Crippen LogP contribution < -0.4 is 15.5 Å². The molecule has 1 fully saturated rings. The number of halogens is 1. The summed E-state index contributed by atoms with van der Waals surface area (Å²) >= 11 is 0. The molecule has 1 aromatic carbocycles. The highest BCUT2D eigenvalue weighted by Crippen LogP contribution is 2.28. The second-order valence-corrected chi connectivity index (χ2v) is 8.91. The molecule has 6 rings (SSSR count). The van der Waals surface area contributed by atoms with Crippen molar-refractivity contribution < 1.29 is 4.39 Å². The fourth-order valence-corrected chi connectivity index (χ4v) is 4.66. The third kappa shape index (κ3) is 4.05. The Labute approximate surface area is 207 Å². The first-order chi connectivity index (χ1) is 17.6. The molecule has 0 bridgehead atoms. The number of rotatable bonds is 5. The molecule has 0 radical (unpaired) electrons. The molecule has 9 nitrogen and oxygen atoms in total. The van der Waals surface area contributed by atoms with Gasteiger partial charge in [-0.05, 0) is 30.3 Å². The first-order valence-electron chi connectivity index (χ1n) is 11.9. The average Bonchev–Trinajstić information content (AvgIpc) is 3.55. The monoisotopic (exact) mass is 483 g/mol.